The quantitative estimate of drug-likeness (QED) is 0.0523. The lowest BCUT2D eigenvalue weighted by atomic mass is 9.96. The molecule has 0 spiro atoms. The maximum Gasteiger partial charge on any atom is 0.187 e. The van der Waals surface area contributed by atoms with Gasteiger partial charge in [0.15, 0.2) is 12.6 Å². The smallest absolute Gasteiger partial charge is 0.187 e. The number of aliphatic hydroxyl groups excluding tert-OH is 1. The summed E-state index contributed by atoms with van der Waals surface area (Å²) < 4.78 is 61.8. The summed E-state index contributed by atoms with van der Waals surface area (Å²) in [5, 5.41) is 11.8. The van der Waals surface area contributed by atoms with Crippen LogP contribution in [0.25, 0.3) is 0 Å². The van der Waals surface area contributed by atoms with Crippen LogP contribution in [0.5, 0.6) is 0 Å². The molecule has 0 saturated carbocycles. The Morgan fingerprint density at radius 3 is 1.11 bits per heavy atom. The lowest BCUT2D eigenvalue weighted by Crippen LogP contribution is -2.66. The summed E-state index contributed by atoms with van der Waals surface area (Å²) in [6, 6.07) is 59.8. The van der Waals surface area contributed by atoms with Crippen molar-refractivity contribution in [2.75, 3.05) is 11.0 Å². The van der Waals surface area contributed by atoms with E-state index < -0.39 is 61.4 Å². The largest absolute Gasteiger partial charge is 0.374 e. The zero-order chi connectivity index (χ0) is 44.5. The first-order valence-electron chi connectivity index (χ1n) is 22.2. The standard InChI is InChI=1S/C54H57IO10/c55-31-45-47(58-33-40-21-9-2-10-22-40)49(59-34-41-23-11-3-12-24-41)52(62-37-44-29-17-6-18-30-44)54(64-45)65-48-46(38-57-32-39-19-7-1-8-20-39)63-53(56)51(61-36-43-27-15-5-16-28-43)50(48)60-35-42-25-13-4-14-26-42/h1-30,45-54,56H,31-38H2/t45-,46-,47-,48-,49+,50+,51-,52-,53+,54-/m1/s1. The SMILES string of the molecule is O[C@H]1O[C@H](COCc2ccccc2)[C@@H](O[C@H]2O[C@H](CI)[C@@H](OCc3ccccc3)[C@H](OCc3ccccc3)[C@H]2OCc2ccccc2)[C@H](OCc2ccccc2)[C@H]1OCc1ccccc1. The van der Waals surface area contributed by atoms with E-state index in [1.807, 2.05) is 182 Å². The number of hydrogen-bond acceptors (Lipinski definition) is 10. The third-order valence-electron chi connectivity index (χ3n) is 11.5. The fourth-order valence-electron chi connectivity index (χ4n) is 8.10. The zero-order valence-corrected chi connectivity index (χ0v) is 38.4. The topological polar surface area (TPSA) is 103 Å². The van der Waals surface area contributed by atoms with Crippen LogP contribution < -0.4 is 0 Å². The van der Waals surface area contributed by atoms with Crippen LogP contribution in [-0.4, -0.2) is 77.6 Å². The van der Waals surface area contributed by atoms with E-state index in [2.05, 4.69) is 22.6 Å². The van der Waals surface area contributed by atoms with Crippen LogP contribution in [0.3, 0.4) is 0 Å². The van der Waals surface area contributed by atoms with Gasteiger partial charge in [-0.05, 0) is 33.4 Å². The van der Waals surface area contributed by atoms with Crippen LogP contribution in [0.1, 0.15) is 33.4 Å². The lowest BCUT2D eigenvalue weighted by Gasteiger charge is -2.49. The van der Waals surface area contributed by atoms with Crippen LogP contribution in [0, 0.1) is 0 Å². The van der Waals surface area contributed by atoms with E-state index in [9.17, 15) is 5.11 Å². The average molecular weight is 993 g/mol. The highest BCUT2D eigenvalue weighted by atomic mass is 127. The molecule has 0 aliphatic carbocycles. The molecule has 2 aliphatic rings. The zero-order valence-electron chi connectivity index (χ0n) is 36.3. The predicted molar refractivity (Wildman–Crippen MR) is 254 cm³/mol. The van der Waals surface area contributed by atoms with Gasteiger partial charge in [-0.15, -0.1) is 0 Å². The Labute approximate surface area is 395 Å². The Kier molecular flexibility index (Phi) is 18.1. The molecule has 0 aromatic heterocycles. The predicted octanol–water partition coefficient (Wildman–Crippen LogP) is 9.39. The van der Waals surface area contributed by atoms with E-state index in [0.717, 1.165) is 33.4 Å². The van der Waals surface area contributed by atoms with Crippen LogP contribution in [0.2, 0.25) is 0 Å². The molecule has 8 rings (SSSR count). The highest BCUT2D eigenvalue weighted by Crippen LogP contribution is 2.36. The van der Waals surface area contributed by atoms with Crippen molar-refractivity contribution in [1.29, 1.82) is 0 Å². The van der Waals surface area contributed by atoms with Gasteiger partial charge in [0.25, 0.3) is 0 Å². The van der Waals surface area contributed by atoms with Crippen LogP contribution in [-0.2, 0) is 82.3 Å². The van der Waals surface area contributed by atoms with Crippen molar-refractivity contribution in [3.05, 3.63) is 215 Å². The molecule has 65 heavy (non-hydrogen) atoms. The summed E-state index contributed by atoms with van der Waals surface area (Å²) in [5.74, 6) is 0. The fourth-order valence-corrected chi connectivity index (χ4v) is 8.80. The van der Waals surface area contributed by atoms with Gasteiger partial charge in [-0.25, -0.2) is 0 Å². The number of benzene rings is 6. The summed E-state index contributed by atoms with van der Waals surface area (Å²) in [6.07, 6.45) is -8.41. The molecule has 0 unspecified atom stereocenters. The van der Waals surface area contributed by atoms with E-state index in [1.165, 1.54) is 0 Å². The maximum atomic E-state index is 11.8. The van der Waals surface area contributed by atoms with Crippen LogP contribution in [0.4, 0.5) is 0 Å². The summed E-state index contributed by atoms with van der Waals surface area (Å²) in [4.78, 5) is 0. The number of alkyl halides is 1. The molecule has 0 amide bonds. The molecule has 6 aromatic carbocycles. The van der Waals surface area contributed by atoms with Gasteiger partial charge in [0, 0.05) is 4.43 Å². The summed E-state index contributed by atoms with van der Waals surface area (Å²) >= 11 is 2.34. The van der Waals surface area contributed by atoms with Crippen molar-refractivity contribution >= 4 is 22.6 Å². The maximum absolute atomic E-state index is 11.8. The molecule has 2 heterocycles. The van der Waals surface area contributed by atoms with Gasteiger partial charge in [0.2, 0.25) is 0 Å². The minimum absolute atomic E-state index is 0.0714. The average Bonchev–Trinajstić information content (AvgIpc) is 3.36. The molecular formula is C54H57IO10. The molecule has 10 atom stereocenters. The molecule has 2 aliphatic heterocycles. The number of halogens is 1. The summed E-state index contributed by atoms with van der Waals surface area (Å²) in [6.45, 7) is 1.71. The molecule has 2 saturated heterocycles. The van der Waals surface area contributed by atoms with Gasteiger partial charge < -0.3 is 47.7 Å². The molecule has 10 nitrogen and oxygen atoms in total. The highest BCUT2D eigenvalue weighted by Gasteiger charge is 2.54. The van der Waals surface area contributed by atoms with Crippen LogP contribution >= 0.6 is 22.6 Å². The molecule has 0 radical (unpaired) electrons. The van der Waals surface area contributed by atoms with E-state index in [-0.39, 0.29) is 26.4 Å². The number of ether oxygens (including phenoxy) is 9. The molecule has 2 fully saturated rings. The van der Waals surface area contributed by atoms with Gasteiger partial charge in [0.05, 0.1) is 52.4 Å². The molecule has 1 N–H and O–H groups in total. The van der Waals surface area contributed by atoms with Gasteiger partial charge in [-0.1, -0.05) is 205 Å². The molecular weight excluding hydrogens is 935 g/mol. The Bertz CT molecular complexity index is 2210. The summed E-state index contributed by atoms with van der Waals surface area (Å²) in [5.41, 5.74) is 5.88. The first-order valence-corrected chi connectivity index (χ1v) is 23.7. The van der Waals surface area contributed by atoms with Gasteiger partial charge in [-0.2, -0.15) is 0 Å². The van der Waals surface area contributed by atoms with Gasteiger partial charge in [-0.3, -0.25) is 0 Å². The Hall–Kier alpha value is -4.35. The second-order valence-electron chi connectivity index (χ2n) is 16.2. The van der Waals surface area contributed by atoms with Crippen molar-refractivity contribution in [1.82, 2.24) is 0 Å². The van der Waals surface area contributed by atoms with E-state index in [0.29, 0.717) is 24.2 Å². The van der Waals surface area contributed by atoms with Crippen molar-refractivity contribution in [2.24, 2.45) is 0 Å². The summed E-state index contributed by atoms with van der Waals surface area (Å²) in [7, 11) is 0. The highest BCUT2D eigenvalue weighted by molar-refractivity contribution is 14.1. The third-order valence-corrected chi connectivity index (χ3v) is 12.3. The normalized spacial score (nSPS) is 25.6. The third kappa shape index (κ3) is 13.6. The van der Waals surface area contributed by atoms with Crippen molar-refractivity contribution in [3.63, 3.8) is 0 Å². The van der Waals surface area contributed by atoms with Gasteiger partial charge >= 0.3 is 0 Å². The Morgan fingerprint density at radius 1 is 0.369 bits per heavy atom. The Balaban J connectivity index is 1.15. The lowest BCUT2D eigenvalue weighted by molar-refractivity contribution is -0.370. The second kappa shape index (κ2) is 25.0. The minimum atomic E-state index is -1.37. The van der Waals surface area contributed by atoms with E-state index >= 15 is 0 Å². The number of hydrogen-bond donors (Lipinski definition) is 1. The van der Waals surface area contributed by atoms with Crippen molar-refractivity contribution < 1.29 is 47.7 Å². The fraction of sp³-hybridized carbons (Fsp3) is 0.333. The minimum Gasteiger partial charge on any atom is -0.374 e. The van der Waals surface area contributed by atoms with Crippen molar-refractivity contribution in [2.45, 2.75) is 101 Å². The molecule has 0 bridgehead atoms. The second-order valence-corrected chi connectivity index (χ2v) is 17.1. The first-order chi connectivity index (χ1) is 32.1. The van der Waals surface area contributed by atoms with Crippen molar-refractivity contribution in [3.8, 4) is 0 Å². The molecule has 6 aromatic rings. The van der Waals surface area contributed by atoms with Gasteiger partial charge in [0.1, 0.15) is 42.7 Å². The monoisotopic (exact) mass is 992 g/mol. The number of rotatable bonds is 22. The molecule has 340 valence electrons. The van der Waals surface area contributed by atoms with Crippen LogP contribution in [0.15, 0.2) is 182 Å². The Morgan fingerprint density at radius 2 is 0.708 bits per heavy atom. The van der Waals surface area contributed by atoms with E-state index in [1.54, 1.807) is 0 Å². The number of aliphatic hydroxyl groups is 1. The molecule has 11 heteroatoms. The van der Waals surface area contributed by atoms with E-state index in [4.69, 9.17) is 42.6 Å². The first kappa shape index (κ1) is 47.2.